The number of phenolic OH excluding ortho intramolecular Hbond substituents is 1. The van der Waals surface area contributed by atoms with Gasteiger partial charge in [0, 0.05) is 35.1 Å². The lowest BCUT2D eigenvalue weighted by atomic mass is 9.82. The van der Waals surface area contributed by atoms with Gasteiger partial charge in [-0.2, -0.15) is 0 Å². The number of imidazole rings is 1. The summed E-state index contributed by atoms with van der Waals surface area (Å²) < 4.78 is 3.47. The molecule has 0 atom stereocenters. The van der Waals surface area contributed by atoms with Gasteiger partial charge in [0.15, 0.2) is 0 Å². The zero-order chi connectivity index (χ0) is 21.8. The number of phenols is 1. The molecule has 0 saturated heterocycles. The van der Waals surface area contributed by atoms with Crippen LogP contribution in [0.25, 0.3) is 28.3 Å². The van der Waals surface area contributed by atoms with E-state index in [0.29, 0.717) is 17.0 Å². The van der Waals surface area contributed by atoms with Crippen molar-refractivity contribution in [3.8, 4) is 22.7 Å². The van der Waals surface area contributed by atoms with Gasteiger partial charge in [-0.3, -0.25) is 4.40 Å². The van der Waals surface area contributed by atoms with E-state index in [4.69, 9.17) is 4.98 Å². The van der Waals surface area contributed by atoms with Crippen LogP contribution in [-0.2, 0) is 0 Å². The summed E-state index contributed by atoms with van der Waals surface area (Å²) in [5.41, 5.74) is 4.04. The van der Waals surface area contributed by atoms with Crippen molar-refractivity contribution >= 4 is 11.4 Å². The van der Waals surface area contributed by atoms with Crippen molar-refractivity contribution in [1.82, 2.24) is 34.7 Å². The van der Waals surface area contributed by atoms with E-state index in [1.54, 1.807) is 23.1 Å². The minimum Gasteiger partial charge on any atom is -0.507 e. The maximum Gasteiger partial charge on any atom is 0.234 e. The van der Waals surface area contributed by atoms with Crippen LogP contribution in [0.15, 0.2) is 55.1 Å². The Kier molecular flexibility index (Phi) is 4.23. The van der Waals surface area contributed by atoms with E-state index < -0.39 is 0 Å². The van der Waals surface area contributed by atoms with Crippen molar-refractivity contribution in [2.24, 2.45) is 0 Å². The molecule has 0 bridgehead atoms. The molecular formula is C23H25N7O. The highest BCUT2D eigenvalue weighted by atomic mass is 16.3. The zero-order valence-electron chi connectivity index (χ0n) is 18.0. The van der Waals surface area contributed by atoms with Crippen LogP contribution < -0.4 is 5.32 Å². The quantitative estimate of drug-likeness (QED) is 0.531. The first-order valence-corrected chi connectivity index (χ1v) is 10.3. The van der Waals surface area contributed by atoms with Gasteiger partial charge >= 0.3 is 0 Å². The molecule has 5 rings (SSSR count). The summed E-state index contributed by atoms with van der Waals surface area (Å²) in [5.74, 6) is 0.725. The lowest BCUT2D eigenvalue weighted by Gasteiger charge is -2.41. The molecule has 3 aromatic heterocycles. The van der Waals surface area contributed by atoms with Gasteiger partial charge in [-0.25, -0.2) is 14.6 Å². The van der Waals surface area contributed by atoms with Crippen LogP contribution in [-0.4, -0.2) is 45.5 Å². The van der Waals surface area contributed by atoms with Crippen molar-refractivity contribution in [3.05, 3.63) is 60.8 Å². The summed E-state index contributed by atoms with van der Waals surface area (Å²) >= 11 is 0. The standard InChI is InChI=1S/C23H25N7O/c1-22(2)12-15(13-23(3,4)27-22)18-7-9-29-14-19(26-21(29)25-18)17-6-5-16(11-20(17)31)30-10-8-24-28-30/h5-12,14,27,31H,13H2,1-4H3. The Morgan fingerprint density at radius 3 is 2.55 bits per heavy atom. The fraction of sp³-hybridized carbons (Fsp3) is 0.304. The molecule has 0 aliphatic carbocycles. The average molecular weight is 416 g/mol. The van der Waals surface area contributed by atoms with Crippen LogP contribution in [0, 0.1) is 0 Å². The number of hydrogen-bond donors (Lipinski definition) is 2. The predicted octanol–water partition coefficient (Wildman–Crippen LogP) is 3.62. The molecule has 4 heterocycles. The molecule has 2 N–H and O–H groups in total. The van der Waals surface area contributed by atoms with Crippen molar-refractivity contribution in [1.29, 1.82) is 0 Å². The Morgan fingerprint density at radius 1 is 1.03 bits per heavy atom. The minimum absolute atomic E-state index is 0.0143. The van der Waals surface area contributed by atoms with Crippen molar-refractivity contribution in [2.75, 3.05) is 0 Å². The van der Waals surface area contributed by atoms with Gasteiger partial charge in [-0.1, -0.05) is 11.3 Å². The first-order chi connectivity index (χ1) is 14.7. The largest absolute Gasteiger partial charge is 0.507 e. The molecule has 8 nitrogen and oxygen atoms in total. The van der Waals surface area contributed by atoms with Gasteiger partial charge in [0.2, 0.25) is 5.78 Å². The van der Waals surface area contributed by atoms with Crippen molar-refractivity contribution in [2.45, 2.75) is 45.2 Å². The van der Waals surface area contributed by atoms with Crippen LogP contribution in [0.4, 0.5) is 0 Å². The molecule has 1 aliphatic heterocycles. The maximum atomic E-state index is 10.6. The van der Waals surface area contributed by atoms with Crippen LogP contribution in [0.5, 0.6) is 5.75 Å². The molecule has 0 fully saturated rings. The van der Waals surface area contributed by atoms with Gasteiger partial charge < -0.3 is 10.4 Å². The number of benzene rings is 1. The van der Waals surface area contributed by atoms with Gasteiger partial charge in [-0.15, -0.1) is 5.10 Å². The molecule has 0 saturated carbocycles. The SMILES string of the molecule is CC1(C)C=C(c2ccn3cc(-c4ccc(-n5ccnn5)cc4O)nc3n2)CC(C)(C)N1. The number of nitrogens with one attached hydrogen (secondary N) is 1. The third kappa shape index (κ3) is 3.70. The highest BCUT2D eigenvalue weighted by molar-refractivity contribution is 5.71. The summed E-state index contributed by atoms with van der Waals surface area (Å²) in [6.45, 7) is 8.76. The highest BCUT2D eigenvalue weighted by Crippen LogP contribution is 2.34. The van der Waals surface area contributed by atoms with E-state index in [0.717, 1.165) is 17.8 Å². The zero-order valence-corrected chi connectivity index (χ0v) is 18.0. The fourth-order valence-corrected chi connectivity index (χ4v) is 4.49. The second kappa shape index (κ2) is 6.75. The minimum atomic E-state index is -0.108. The van der Waals surface area contributed by atoms with Crippen molar-refractivity contribution in [3.63, 3.8) is 0 Å². The molecule has 1 aliphatic rings. The summed E-state index contributed by atoms with van der Waals surface area (Å²) in [5, 5.41) is 22.0. The Balaban J connectivity index is 1.51. The molecule has 158 valence electrons. The third-order valence-corrected chi connectivity index (χ3v) is 5.43. The fourth-order valence-electron chi connectivity index (χ4n) is 4.49. The first-order valence-electron chi connectivity index (χ1n) is 10.3. The Hall–Kier alpha value is -3.52. The van der Waals surface area contributed by atoms with Crippen LogP contribution in [0.1, 0.15) is 39.8 Å². The van der Waals surface area contributed by atoms with E-state index in [2.05, 4.69) is 54.4 Å². The number of aromatic nitrogens is 6. The van der Waals surface area contributed by atoms with Crippen LogP contribution >= 0.6 is 0 Å². The molecule has 0 spiro atoms. The third-order valence-electron chi connectivity index (χ3n) is 5.43. The highest BCUT2D eigenvalue weighted by Gasteiger charge is 2.33. The molecular weight excluding hydrogens is 390 g/mol. The first kappa shape index (κ1) is 19.4. The topological polar surface area (TPSA) is 93.2 Å². The number of nitrogens with zero attached hydrogens (tertiary/aromatic N) is 6. The lowest BCUT2D eigenvalue weighted by Crippen LogP contribution is -2.53. The van der Waals surface area contributed by atoms with Gasteiger partial charge in [-0.05, 0) is 57.9 Å². The summed E-state index contributed by atoms with van der Waals surface area (Å²) in [6, 6.07) is 7.37. The summed E-state index contributed by atoms with van der Waals surface area (Å²) in [6.07, 6.45) is 10.3. The maximum absolute atomic E-state index is 10.6. The monoisotopic (exact) mass is 415 g/mol. The number of fused-ring (bicyclic) bond motifs is 1. The smallest absolute Gasteiger partial charge is 0.234 e. The van der Waals surface area contributed by atoms with E-state index in [1.807, 2.05) is 35.0 Å². The van der Waals surface area contributed by atoms with Crippen LogP contribution in [0.3, 0.4) is 0 Å². The second-order valence-corrected chi connectivity index (χ2v) is 9.27. The predicted molar refractivity (Wildman–Crippen MR) is 119 cm³/mol. The second-order valence-electron chi connectivity index (χ2n) is 9.27. The van der Waals surface area contributed by atoms with E-state index >= 15 is 0 Å². The molecule has 4 aromatic rings. The van der Waals surface area contributed by atoms with Crippen molar-refractivity contribution < 1.29 is 5.11 Å². The lowest BCUT2D eigenvalue weighted by molar-refractivity contribution is 0.297. The molecule has 0 amide bonds. The van der Waals surface area contributed by atoms with Gasteiger partial charge in [0.1, 0.15) is 5.75 Å². The van der Waals surface area contributed by atoms with E-state index in [9.17, 15) is 5.11 Å². The number of aromatic hydroxyl groups is 1. The van der Waals surface area contributed by atoms with Gasteiger partial charge in [0.05, 0.1) is 29.5 Å². The normalized spacial score (nSPS) is 17.6. The molecule has 1 aromatic carbocycles. The number of rotatable bonds is 3. The Morgan fingerprint density at radius 2 is 1.84 bits per heavy atom. The Bertz CT molecular complexity index is 1300. The van der Waals surface area contributed by atoms with Crippen LogP contribution in [0.2, 0.25) is 0 Å². The average Bonchev–Trinajstić information content (AvgIpc) is 3.34. The molecule has 8 heteroatoms. The summed E-state index contributed by atoms with van der Waals surface area (Å²) in [4.78, 5) is 9.49. The molecule has 0 unspecified atom stereocenters. The van der Waals surface area contributed by atoms with Gasteiger partial charge in [0.25, 0.3) is 0 Å². The van der Waals surface area contributed by atoms with E-state index in [-0.39, 0.29) is 16.8 Å². The van der Waals surface area contributed by atoms with E-state index in [1.165, 1.54) is 5.57 Å². The number of hydrogen-bond acceptors (Lipinski definition) is 6. The summed E-state index contributed by atoms with van der Waals surface area (Å²) in [7, 11) is 0. The molecule has 31 heavy (non-hydrogen) atoms. The molecule has 0 radical (unpaired) electrons. The Labute approximate surface area is 180 Å².